The van der Waals surface area contributed by atoms with Gasteiger partial charge in [0.1, 0.15) is 5.82 Å². The molecule has 0 radical (unpaired) electrons. The van der Waals surface area contributed by atoms with Crippen molar-refractivity contribution >= 4 is 68.5 Å². The van der Waals surface area contributed by atoms with Gasteiger partial charge in [-0.15, -0.1) is 11.3 Å². The molecular weight excluding hydrogens is 696 g/mol. The van der Waals surface area contributed by atoms with Crippen LogP contribution in [0.2, 0.25) is 0 Å². The molecule has 5 aromatic rings. The standard InChI is InChI=1S/C32H25FIN5O4S/c1-42-28-16-20(15-26(34)30(28)43-18-29(40)36-25-13-11-23(33)12-14-25)17-35-39-31(41)22-9-7-21(8-10-22)27-19-44-32(38-27)37-24-5-3-2-4-6-24/h2-17,19H,18H2,1H3,(H,36,40)(H,37,38)(H,39,41)/b35-17+. The van der Waals surface area contributed by atoms with E-state index in [1.807, 2.05) is 47.8 Å². The zero-order valence-corrected chi connectivity index (χ0v) is 26.2. The van der Waals surface area contributed by atoms with E-state index in [1.54, 1.807) is 24.3 Å². The van der Waals surface area contributed by atoms with Crippen LogP contribution in [0.4, 0.5) is 20.9 Å². The first kappa shape index (κ1) is 30.6. The van der Waals surface area contributed by atoms with Gasteiger partial charge in [-0.05, 0) is 88.8 Å². The van der Waals surface area contributed by atoms with Crippen molar-refractivity contribution in [2.45, 2.75) is 0 Å². The summed E-state index contributed by atoms with van der Waals surface area (Å²) in [5.41, 5.74) is 6.73. The highest BCUT2D eigenvalue weighted by atomic mass is 127. The van der Waals surface area contributed by atoms with Crippen LogP contribution in [0.3, 0.4) is 0 Å². The molecule has 0 aliphatic rings. The van der Waals surface area contributed by atoms with Crippen LogP contribution in [0, 0.1) is 9.39 Å². The Morgan fingerprint density at radius 2 is 1.75 bits per heavy atom. The summed E-state index contributed by atoms with van der Waals surface area (Å²) in [5.74, 6) is -0.404. The topological polar surface area (TPSA) is 114 Å². The molecule has 0 saturated carbocycles. The number of benzene rings is 4. The first-order valence-corrected chi connectivity index (χ1v) is 15.1. The highest BCUT2D eigenvalue weighted by molar-refractivity contribution is 14.1. The van der Waals surface area contributed by atoms with Crippen LogP contribution < -0.4 is 25.5 Å². The minimum Gasteiger partial charge on any atom is -0.493 e. The molecule has 1 heterocycles. The highest BCUT2D eigenvalue weighted by Gasteiger charge is 2.14. The maximum Gasteiger partial charge on any atom is 0.271 e. The smallest absolute Gasteiger partial charge is 0.271 e. The zero-order valence-electron chi connectivity index (χ0n) is 23.2. The van der Waals surface area contributed by atoms with Gasteiger partial charge in [0.15, 0.2) is 23.2 Å². The molecule has 5 rings (SSSR count). The van der Waals surface area contributed by atoms with Crippen molar-refractivity contribution in [2.24, 2.45) is 5.10 Å². The van der Waals surface area contributed by atoms with E-state index in [4.69, 9.17) is 9.47 Å². The number of aromatic nitrogens is 1. The number of ether oxygens (including phenoxy) is 2. The Hall–Kier alpha value is -4.82. The number of rotatable bonds is 11. The average molecular weight is 722 g/mol. The third-order valence-corrected chi connectivity index (χ3v) is 7.64. The summed E-state index contributed by atoms with van der Waals surface area (Å²) in [5, 5.41) is 12.7. The van der Waals surface area contributed by atoms with Gasteiger partial charge in [-0.1, -0.05) is 30.3 Å². The van der Waals surface area contributed by atoms with Crippen LogP contribution in [-0.4, -0.2) is 36.7 Å². The maximum absolute atomic E-state index is 13.1. The Bertz CT molecular complexity index is 1780. The molecule has 0 bridgehead atoms. The molecule has 0 aliphatic carbocycles. The molecular formula is C32H25FIN5O4S. The Morgan fingerprint density at radius 3 is 2.48 bits per heavy atom. The van der Waals surface area contributed by atoms with Crippen LogP contribution in [0.1, 0.15) is 15.9 Å². The fourth-order valence-electron chi connectivity index (χ4n) is 3.95. The van der Waals surface area contributed by atoms with Crippen LogP contribution >= 0.6 is 33.9 Å². The Balaban J connectivity index is 1.15. The maximum atomic E-state index is 13.1. The number of nitrogens with one attached hydrogen (secondary N) is 3. The van der Waals surface area contributed by atoms with Crippen LogP contribution in [0.15, 0.2) is 101 Å². The van der Waals surface area contributed by atoms with Gasteiger partial charge < -0.3 is 20.1 Å². The summed E-state index contributed by atoms with van der Waals surface area (Å²) in [6, 6.07) is 25.8. The first-order chi connectivity index (χ1) is 21.4. The van der Waals surface area contributed by atoms with Crippen molar-refractivity contribution < 1.29 is 23.5 Å². The molecule has 2 amide bonds. The molecule has 0 fully saturated rings. The number of nitrogens with zero attached hydrogens (tertiary/aromatic N) is 2. The lowest BCUT2D eigenvalue weighted by Gasteiger charge is -2.13. The number of thiazole rings is 1. The summed E-state index contributed by atoms with van der Waals surface area (Å²) >= 11 is 3.56. The fourth-order valence-corrected chi connectivity index (χ4v) is 5.47. The van der Waals surface area contributed by atoms with E-state index < -0.39 is 11.7 Å². The van der Waals surface area contributed by atoms with E-state index in [9.17, 15) is 14.0 Å². The summed E-state index contributed by atoms with van der Waals surface area (Å²) in [4.78, 5) is 29.6. The van der Waals surface area contributed by atoms with Gasteiger partial charge in [-0.2, -0.15) is 5.10 Å². The van der Waals surface area contributed by atoms with Gasteiger partial charge in [-0.25, -0.2) is 14.8 Å². The van der Waals surface area contributed by atoms with Gasteiger partial charge >= 0.3 is 0 Å². The Kier molecular flexibility index (Phi) is 10.1. The molecule has 0 saturated heterocycles. The second-order valence-electron chi connectivity index (χ2n) is 9.18. The molecule has 0 unspecified atom stereocenters. The molecule has 0 spiro atoms. The molecule has 0 atom stereocenters. The van der Waals surface area contributed by atoms with Crippen molar-refractivity contribution in [1.82, 2.24) is 10.4 Å². The number of carbonyl (C=O) groups is 2. The number of para-hydroxylation sites is 1. The Morgan fingerprint density at radius 1 is 1.00 bits per heavy atom. The predicted octanol–water partition coefficient (Wildman–Crippen LogP) is 7.09. The van der Waals surface area contributed by atoms with Gasteiger partial charge in [0.05, 0.1) is 22.6 Å². The van der Waals surface area contributed by atoms with E-state index in [0.717, 1.165) is 22.1 Å². The SMILES string of the molecule is COc1cc(/C=N/NC(=O)c2ccc(-c3csc(Nc4ccccc4)n3)cc2)cc(I)c1OCC(=O)Nc1ccc(F)cc1. The van der Waals surface area contributed by atoms with Crippen molar-refractivity contribution in [3.8, 4) is 22.8 Å². The number of hydrazone groups is 1. The normalized spacial score (nSPS) is 10.8. The highest BCUT2D eigenvalue weighted by Crippen LogP contribution is 2.33. The molecule has 12 heteroatoms. The van der Waals surface area contributed by atoms with Crippen LogP contribution in [0.5, 0.6) is 11.5 Å². The van der Waals surface area contributed by atoms with Crippen LogP contribution in [-0.2, 0) is 4.79 Å². The number of methoxy groups -OCH3 is 1. The fraction of sp³-hybridized carbons (Fsp3) is 0.0625. The van der Waals surface area contributed by atoms with Gasteiger partial charge in [-0.3, -0.25) is 9.59 Å². The number of carbonyl (C=O) groups excluding carboxylic acids is 2. The lowest BCUT2D eigenvalue weighted by Crippen LogP contribution is -2.20. The minimum absolute atomic E-state index is 0.278. The van der Waals surface area contributed by atoms with Crippen molar-refractivity contribution in [1.29, 1.82) is 0 Å². The third kappa shape index (κ3) is 8.17. The molecule has 1 aromatic heterocycles. The molecule has 4 aromatic carbocycles. The molecule has 9 nitrogen and oxygen atoms in total. The second kappa shape index (κ2) is 14.6. The van der Waals surface area contributed by atoms with Crippen molar-refractivity contribution in [2.75, 3.05) is 24.4 Å². The lowest BCUT2D eigenvalue weighted by molar-refractivity contribution is -0.118. The largest absolute Gasteiger partial charge is 0.493 e. The van der Waals surface area contributed by atoms with Gasteiger partial charge in [0, 0.05) is 27.9 Å². The second-order valence-corrected chi connectivity index (χ2v) is 11.2. The number of halogens is 2. The van der Waals surface area contributed by atoms with Crippen LogP contribution in [0.25, 0.3) is 11.3 Å². The van der Waals surface area contributed by atoms with E-state index in [1.165, 1.54) is 48.9 Å². The molecule has 0 aliphatic heterocycles. The van der Waals surface area contributed by atoms with Crippen molar-refractivity contribution in [3.63, 3.8) is 0 Å². The molecule has 222 valence electrons. The monoisotopic (exact) mass is 721 g/mol. The average Bonchev–Trinajstić information content (AvgIpc) is 3.50. The first-order valence-electron chi connectivity index (χ1n) is 13.1. The summed E-state index contributed by atoms with van der Waals surface area (Å²) in [6.07, 6.45) is 1.48. The number of amides is 2. The van der Waals surface area contributed by atoms with E-state index >= 15 is 0 Å². The Labute approximate surface area is 270 Å². The summed E-state index contributed by atoms with van der Waals surface area (Å²) in [6.45, 7) is -0.278. The van der Waals surface area contributed by atoms with Crippen molar-refractivity contribution in [3.05, 3.63) is 117 Å². The summed E-state index contributed by atoms with van der Waals surface area (Å²) in [7, 11) is 1.48. The number of anilines is 3. The van der Waals surface area contributed by atoms with E-state index in [2.05, 4.69) is 48.7 Å². The van der Waals surface area contributed by atoms with E-state index in [0.29, 0.717) is 31.9 Å². The molecule has 3 N–H and O–H groups in total. The number of hydrogen-bond acceptors (Lipinski definition) is 8. The minimum atomic E-state index is -0.410. The van der Waals surface area contributed by atoms with E-state index in [-0.39, 0.29) is 12.5 Å². The zero-order chi connectivity index (χ0) is 30.9. The van der Waals surface area contributed by atoms with Gasteiger partial charge in [0.2, 0.25) is 0 Å². The summed E-state index contributed by atoms with van der Waals surface area (Å²) < 4.78 is 24.9. The predicted molar refractivity (Wildman–Crippen MR) is 179 cm³/mol. The van der Waals surface area contributed by atoms with Gasteiger partial charge in [0.25, 0.3) is 11.8 Å². The number of hydrogen-bond donors (Lipinski definition) is 3. The quantitative estimate of drug-likeness (QED) is 0.0763. The molecule has 44 heavy (non-hydrogen) atoms. The lowest BCUT2D eigenvalue weighted by atomic mass is 10.1. The third-order valence-electron chi connectivity index (χ3n) is 6.08.